The molecule has 120 valence electrons. The van der Waals surface area contributed by atoms with E-state index in [1.165, 1.54) is 0 Å². The van der Waals surface area contributed by atoms with Gasteiger partial charge in [0.25, 0.3) is 11.8 Å². The number of rotatable bonds is 3. The molecule has 2 N–H and O–H groups in total. The fourth-order valence-electron chi connectivity index (χ4n) is 2.26. The highest BCUT2D eigenvalue weighted by Crippen LogP contribution is 2.14. The van der Waals surface area contributed by atoms with Gasteiger partial charge in [0.15, 0.2) is 11.2 Å². The molecule has 3 rings (SSSR count). The fraction of sp³-hybridized carbons (Fsp3) is 0.0556. The molecular weight excluding hydrogens is 308 g/mol. The van der Waals surface area contributed by atoms with Gasteiger partial charge in [-0.2, -0.15) is 0 Å². The number of hydrogen-bond donors (Lipinski definition) is 2. The van der Waals surface area contributed by atoms with Gasteiger partial charge in [-0.15, -0.1) is 0 Å². The standard InChI is InChI=1S/C18H14N2O4/c1-19-17(22)11-6-8-12(9-7-11)20-18(23)16-10-14(21)13-4-2-3-5-15(13)24-16/h2-10H,1H3,(H,19,22)(H,20,23). The van der Waals surface area contributed by atoms with Crippen molar-refractivity contribution >= 4 is 28.5 Å². The maximum Gasteiger partial charge on any atom is 0.291 e. The highest BCUT2D eigenvalue weighted by atomic mass is 16.3. The van der Waals surface area contributed by atoms with E-state index in [9.17, 15) is 14.4 Å². The summed E-state index contributed by atoms with van der Waals surface area (Å²) >= 11 is 0. The monoisotopic (exact) mass is 322 g/mol. The van der Waals surface area contributed by atoms with Crippen molar-refractivity contribution in [3.8, 4) is 0 Å². The number of para-hydroxylation sites is 1. The van der Waals surface area contributed by atoms with Crippen molar-refractivity contribution in [2.24, 2.45) is 0 Å². The number of nitrogens with one attached hydrogen (secondary N) is 2. The number of hydrogen-bond acceptors (Lipinski definition) is 4. The van der Waals surface area contributed by atoms with Crippen LogP contribution in [0.3, 0.4) is 0 Å². The van der Waals surface area contributed by atoms with Gasteiger partial charge >= 0.3 is 0 Å². The molecule has 2 aromatic carbocycles. The van der Waals surface area contributed by atoms with E-state index in [1.807, 2.05) is 0 Å². The first-order valence-corrected chi connectivity index (χ1v) is 7.25. The molecule has 0 unspecified atom stereocenters. The van der Waals surface area contributed by atoms with Gasteiger partial charge in [0.05, 0.1) is 5.39 Å². The van der Waals surface area contributed by atoms with E-state index in [2.05, 4.69) is 10.6 Å². The van der Waals surface area contributed by atoms with E-state index < -0.39 is 5.91 Å². The van der Waals surface area contributed by atoms with Crippen LogP contribution in [0.2, 0.25) is 0 Å². The maximum atomic E-state index is 12.3. The summed E-state index contributed by atoms with van der Waals surface area (Å²) in [5, 5.41) is 5.57. The highest BCUT2D eigenvalue weighted by Gasteiger charge is 2.12. The average Bonchev–Trinajstić information content (AvgIpc) is 2.61. The second-order valence-electron chi connectivity index (χ2n) is 5.08. The first-order valence-electron chi connectivity index (χ1n) is 7.25. The van der Waals surface area contributed by atoms with Crippen molar-refractivity contribution in [3.63, 3.8) is 0 Å². The molecule has 6 heteroatoms. The van der Waals surface area contributed by atoms with Crippen molar-refractivity contribution in [1.29, 1.82) is 0 Å². The van der Waals surface area contributed by atoms with E-state index in [1.54, 1.807) is 55.6 Å². The number of anilines is 1. The molecule has 0 atom stereocenters. The van der Waals surface area contributed by atoms with Crippen LogP contribution in [0.25, 0.3) is 11.0 Å². The molecule has 0 aliphatic rings. The summed E-state index contributed by atoms with van der Waals surface area (Å²) in [5.74, 6) is -0.826. The molecule has 0 bridgehead atoms. The van der Waals surface area contributed by atoms with Crippen LogP contribution in [0, 0.1) is 0 Å². The Morgan fingerprint density at radius 2 is 1.67 bits per heavy atom. The molecular formula is C18H14N2O4. The highest BCUT2D eigenvalue weighted by molar-refractivity contribution is 6.03. The van der Waals surface area contributed by atoms with Crippen molar-refractivity contribution < 1.29 is 14.0 Å². The Labute approximate surface area is 137 Å². The Kier molecular flexibility index (Phi) is 4.11. The van der Waals surface area contributed by atoms with Crippen LogP contribution >= 0.6 is 0 Å². The molecule has 3 aromatic rings. The van der Waals surface area contributed by atoms with Crippen LogP contribution in [0.1, 0.15) is 20.9 Å². The summed E-state index contributed by atoms with van der Waals surface area (Å²) in [7, 11) is 1.54. The van der Waals surface area contributed by atoms with Crippen LogP contribution in [-0.2, 0) is 0 Å². The third-order valence-corrected chi connectivity index (χ3v) is 3.49. The Bertz CT molecular complexity index is 974. The first kappa shape index (κ1) is 15.5. The van der Waals surface area contributed by atoms with Crippen molar-refractivity contribution in [2.75, 3.05) is 12.4 Å². The molecule has 24 heavy (non-hydrogen) atoms. The average molecular weight is 322 g/mol. The Morgan fingerprint density at radius 1 is 0.958 bits per heavy atom. The lowest BCUT2D eigenvalue weighted by molar-refractivity contribution is 0.0962. The molecule has 0 aliphatic heterocycles. The van der Waals surface area contributed by atoms with E-state index in [0.717, 1.165) is 6.07 Å². The third kappa shape index (κ3) is 3.03. The largest absolute Gasteiger partial charge is 0.451 e. The maximum absolute atomic E-state index is 12.3. The fourth-order valence-corrected chi connectivity index (χ4v) is 2.26. The third-order valence-electron chi connectivity index (χ3n) is 3.49. The number of carbonyl (C=O) groups is 2. The zero-order valence-electron chi connectivity index (χ0n) is 12.8. The molecule has 0 radical (unpaired) electrons. The molecule has 0 spiro atoms. The van der Waals surface area contributed by atoms with Gasteiger partial charge in [-0.1, -0.05) is 12.1 Å². The molecule has 1 aromatic heterocycles. The van der Waals surface area contributed by atoms with Gasteiger partial charge in [0, 0.05) is 24.4 Å². The minimum atomic E-state index is -0.537. The van der Waals surface area contributed by atoms with Crippen LogP contribution in [0.5, 0.6) is 0 Å². The molecule has 0 fully saturated rings. The Hall–Kier alpha value is -3.41. The molecule has 0 saturated heterocycles. The predicted molar refractivity (Wildman–Crippen MR) is 90.3 cm³/mol. The van der Waals surface area contributed by atoms with Crippen LogP contribution < -0.4 is 16.1 Å². The number of fused-ring (bicyclic) bond motifs is 1. The smallest absolute Gasteiger partial charge is 0.291 e. The Balaban J connectivity index is 1.85. The van der Waals surface area contributed by atoms with Gasteiger partial charge in [0.2, 0.25) is 0 Å². The predicted octanol–water partition coefficient (Wildman–Crippen LogP) is 2.40. The molecule has 2 amide bonds. The second kappa shape index (κ2) is 6.37. The summed E-state index contributed by atoms with van der Waals surface area (Å²) in [4.78, 5) is 35.8. The minimum absolute atomic E-state index is 0.0749. The number of benzene rings is 2. The van der Waals surface area contributed by atoms with Crippen LogP contribution in [0.15, 0.2) is 63.8 Å². The summed E-state index contributed by atoms with van der Waals surface area (Å²) in [6, 6.07) is 14.3. The molecule has 0 saturated carbocycles. The molecule has 1 heterocycles. The number of carbonyl (C=O) groups excluding carboxylic acids is 2. The molecule has 0 aliphatic carbocycles. The van der Waals surface area contributed by atoms with Gasteiger partial charge in [0.1, 0.15) is 5.58 Å². The van der Waals surface area contributed by atoms with Gasteiger partial charge in [-0.25, -0.2) is 0 Å². The zero-order valence-corrected chi connectivity index (χ0v) is 12.8. The van der Waals surface area contributed by atoms with E-state index in [0.29, 0.717) is 22.2 Å². The minimum Gasteiger partial charge on any atom is -0.451 e. The summed E-state index contributed by atoms with van der Waals surface area (Å²) < 4.78 is 5.48. The van der Waals surface area contributed by atoms with Crippen molar-refractivity contribution in [3.05, 3.63) is 76.1 Å². The van der Waals surface area contributed by atoms with E-state index in [4.69, 9.17) is 4.42 Å². The van der Waals surface area contributed by atoms with Crippen molar-refractivity contribution in [2.45, 2.75) is 0 Å². The van der Waals surface area contributed by atoms with E-state index in [-0.39, 0.29) is 17.1 Å². The molecule has 6 nitrogen and oxygen atoms in total. The van der Waals surface area contributed by atoms with Crippen molar-refractivity contribution in [1.82, 2.24) is 5.32 Å². The van der Waals surface area contributed by atoms with Gasteiger partial charge in [-0.05, 0) is 36.4 Å². The van der Waals surface area contributed by atoms with Gasteiger partial charge in [-0.3, -0.25) is 14.4 Å². The SMILES string of the molecule is CNC(=O)c1ccc(NC(=O)c2cc(=O)c3ccccc3o2)cc1. The first-order chi connectivity index (χ1) is 11.6. The Morgan fingerprint density at radius 3 is 2.38 bits per heavy atom. The van der Waals surface area contributed by atoms with Crippen LogP contribution in [-0.4, -0.2) is 18.9 Å². The number of amides is 2. The lowest BCUT2D eigenvalue weighted by Crippen LogP contribution is -2.18. The normalized spacial score (nSPS) is 10.4. The zero-order chi connectivity index (χ0) is 17.1. The topological polar surface area (TPSA) is 88.4 Å². The van der Waals surface area contributed by atoms with E-state index >= 15 is 0 Å². The lowest BCUT2D eigenvalue weighted by Gasteiger charge is -2.06. The summed E-state index contributed by atoms with van der Waals surface area (Å²) in [6.07, 6.45) is 0. The lowest BCUT2D eigenvalue weighted by atomic mass is 10.2. The quantitative estimate of drug-likeness (QED) is 0.775. The second-order valence-corrected chi connectivity index (χ2v) is 5.08. The summed E-state index contributed by atoms with van der Waals surface area (Å²) in [6.45, 7) is 0. The van der Waals surface area contributed by atoms with Gasteiger partial charge < -0.3 is 15.1 Å². The van der Waals surface area contributed by atoms with Crippen LogP contribution in [0.4, 0.5) is 5.69 Å². The summed E-state index contributed by atoms with van der Waals surface area (Å²) in [5.41, 5.74) is 1.04.